The number of hydrogen-bond acceptors (Lipinski definition) is 2. The molecule has 1 N–H and O–H groups in total. The van der Waals surface area contributed by atoms with Crippen molar-refractivity contribution in [2.24, 2.45) is 5.29 Å². The smallest absolute Gasteiger partial charge is 0.0672 e. The van der Waals surface area contributed by atoms with E-state index in [9.17, 15) is 4.91 Å². The van der Waals surface area contributed by atoms with Gasteiger partial charge in [-0.25, -0.2) is 5.43 Å². The van der Waals surface area contributed by atoms with Crippen LogP contribution in [0.15, 0.2) is 65.9 Å². The van der Waals surface area contributed by atoms with E-state index in [1.54, 1.807) is 0 Å². The molecule has 0 aliphatic carbocycles. The predicted octanol–water partition coefficient (Wildman–Crippen LogP) is 3.46. The lowest BCUT2D eigenvalue weighted by molar-refractivity contribution is 0.982. The first-order chi connectivity index (χ1) is 8.40. The van der Waals surface area contributed by atoms with Crippen LogP contribution < -0.4 is 5.43 Å². The second-order valence-corrected chi connectivity index (χ2v) is 3.54. The number of rotatable bonds is 4. The van der Waals surface area contributed by atoms with Gasteiger partial charge in [-0.2, -0.15) is 0 Å². The zero-order chi connectivity index (χ0) is 11.9. The summed E-state index contributed by atoms with van der Waals surface area (Å²) in [5.74, 6) is 0. The van der Waals surface area contributed by atoms with Crippen molar-refractivity contribution in [3.63, 3.8) is 0 Å². The predicted molar refractivity (Wildman–Crippen MR) is 69.7 cm³/mol. The summed E-state index contributed by atoms with van der Waals surface area (Å²) in [6, 6.07) is 19.4. The molecule has 0 spiro atoms. The lowest BCUT2D eigenvalue weighted by Crippen LogP contribution is -2.02. The Morgan fingerprint density at radius 1 is 0.941 bits per heavy atom. The molecule has 0 radical (unpaired) electrons. The van der Waals surface area contributed by atoms with Gasteiger partial charge in [-0.3, -0.25) is 0 Å². The van der Waals surface area contributed by atoms with Gasteiger partial charge < -0.3 is 0 Å². The SMILES string of the molecule is O=NNC(=Cc1ccccc1)c1ccccc1. The maximum absolute atomic E-state index is 10.4. The lowest BCUT2D eigenvalue weighted by atomic mass is 10.1. The van der Waals surface area contributed by atoms with E-state index in [1.807, 2.05) is 66.7 Å². The zero-order valence-electron chi connectivity index (χ0n) is 9.21. The van der Waals surface area contributed by atoms with Crippen molar-refractivity contribution in [1.29, 1.82) is 0 Å². The first kappa shape index (κ1) is 11.1. The van der Waals surface area contributed by atoms with E-state index in [0.29, 0.717) is 5.70 Å². The molecule has 2 aromatic rings. The van der Waals surface area contributed by atoms with Crippen LogP contribution in [0.1, 0.15) is 11.1 Å². The molecule has 0 saturated carbocycles. The van der Waals surface area contributed by atoms with E-state index in [-0.39, 0.29) is 0 Å². The molecule has 0 unspecified atom stereocenters. The molecule has 0 saturated heterocycles. The number of nitrogens with zero attached hydrogens (tertiary/aromatic N) is 1. The largest absolute Gasteiger partial charge is 0.242 e. The molecule has 0 aliphatic rings. The van der Waals surface area contributed by atoms with Crippen LogP contribution in [-0.2, 0) is 0 Å². The lowest BCUT2D eigenvalue weighted by Gasteiger charge is -2.04. The fourth-order valence-electron chi connectivity index (χ4n) is 1.56. The van der Waals surface area contributed by atoms with E-state index in [2.05, 4.69) is 10.7 Å². The van der Waals surface area contributed by atoms with Gasteiger partial charge in [0.2, 0.25) is 0 Å². The minimum atomic E-state index is 0.687. The molecule has 17 heavy (non-hydrogen) atoms. The van der Waals surface area contributed by atoms with Gasteiger partial charge in [0, 0.05) is 0 Å². The van der Waals surface area contributed by atoms with Gasteiger partial charge in [0.15, 0.2) is 0 Å². The van der Waals surface area contributed by atoms with Crippen LogP contribution in [0.3, 0.4) is 0 Å². The number of nitrogens with one attached hydrogen (secondary N) is 1. The minimum Gasteiger partial charge on any atom is -0.242 e. The highest BCUT2D eigenvalue weighted by atomic mass is 16.3. The summed E-state index contributed by atoms with van der Waals surface area (Å²) in [5, 5.41) is 2.74. The summed E-state index contributed by atoms with van der Waals surface area (Å²) < 4.78 is 0. The summed E-state index contributed by atoms with van der Waals surface area (Å²) in [4.78, 5) is 10.4. The fraction of sp³-hybridized carbons (Fsp3) is 0. The Labute approximate surface area is 99.7 Å². The Bertz CT molecular complexity index is 506. The van der Waals surface area contributed by atoms with Crippen LogP contribution in [0, 0.1) is 4.91 Å². The summed E-state index contributed by atoms with van der Waals surface area (Å²) in [5.41, 5.74) is 5.11. The quantitative estimate of drug-likeness (QED) is 0.491. The average molecular weight is 224 g/mol. The summed E-state index contributed by atoms with van der Waals surface area (Å²) >= 11 is 0. The van der Waals surface area contributed by atoms with Crippen molar-refractivity contribution in [2.45, 2.75) is 0 Å². The highest BCUT2D eigenvalue weighted by Crippen LogP contribution is 2.15. The number of hydrogen-bond donors (Lipinski definition) is 1. The molecule has 0 bridgehead atoms. The molecule has 2 rings (SSSR count). The highest BCUT2D eigenvalue weighted by molar-refractivity contribution is 5.79. The topological polar surface area (TPSA) is 41.5 Å². The molecule has 0 aliphatic heterocycles. The Morgan fingerprint density at radius 2 is 1.53 bits per heavy atom. The zero-order valence-corrected chi connectivity index (χ0v) is 9.21. The van der Waals surface area contributed by atoms with Gasteiger partial charge in [-0.15, -0.1) is 4.91 Å². The molecule has 3 nitrogen and oxygen atoms in total. The van der Waals surface area contributed by atoms with Crippen LogP contribution >= 0.6 is 0 Å². The standard InChI is InChI=1S/C14H12N2O/c17-16-15-14(13-9-5-2-6-10-13)11-12-7-3-1-4-8-12/h1-11H,(H,15,17). The van der Waals surface area contributed by atoms with E-state index in [4.69, 9.17) is 0 Å². The third kappa shape index (κ3) is 3.01. The third-order valence-electron chi connectivity index (χ3n) is 2.36. The van der Waals surface area contributed by atoms with Crippen molar-refractivity contribution in [1.82, 2.24) is 5.43 Å². The molecular weight excluding hydrogens is 212 g/mol. The first-order valence-electron chi connectivity index (χ1n) is 5.30. The van der Waals surface area contributed by atoms with Gasteiger partial charge in [0.25, 0.3) is 0 Å². The highest BCUT2D eigenvalue weighted by Gasteiger charge is 2.00. The molecular formula is C14H12N2O. The summed E-state index contributed by atoms with van der Waals surface area (Å²) in [6.07, 6.45) is 1.89. The van der Waals surface area contributed by atoms with Crippen molar-refractivity contribution in [3.05, 3.63) is 76.7 Å². The Balaban J connectivity index is 2.36. The maximum Gasteiger partial charge on any atom is 0.0672 e. The van der Waals surface area contributed by atoms with E-state index >= 15 is 0 Å². The number of benzene rings is 2. The second kappa shape index (κ2) is 5.61. The molecule has 84 valence electrons. The molecule has 0 amide bonds. The summed E-state index contributed by atoms with van der Waals surface area (Å²) in [7, 11) is 0. The fourth-order valence-corrected chi connectivity index (χ4v) is 1.56. The molecule has 0 aromatic heterocycles. The minimum absolute atomic E-state index is 0.687. The van der Waals surface area contributed by atoms with Crippen molar-refractivity contribution in [3.8, 4) is 0 Å². The van der Waals surface area contributed by atoms with Crippen molar-refractivity contribution < 1.29 is 0 Å². The monoisotopic (exact) mass is 224 g/mol. The van der Waals surface area contributed by atoms with E-state index in [0.717, 1.165) is 11.1 Å². The van der Waals surface area contributed by atoms with Gasteiger partial charge >= 0.3 is 0 Å². The van der Waals surface area contributed by atoms with Crippen LogP contribution in [0.4, 0.5) is 0 Å². The third-order valence-corrected chi connectivity index (χ3v) is 2.36. The summed E-state index contributed by atoms with van der Waals surface area (Å²) in [6.45, 7) is 0. The van der Waals surface area contributed by atoms with Crippen LogP contribution in [0.25, 0.3) is 11.8 Å². The Morgan fingerprint density at radius 3 is 2.12 bits per heavy atom. The Kier molecular flexibility index (Phi) is 3.65. The Hall–Kier alpha value is -2.42. The molecule has 0 heterocycles. The van der Waals surface area contributed by atoms with Crippen molar-refractivity contribution >= 4 is 11.8 Å². The van der Waals surface area contributed by atoms with Gasteiger partial charge in [0.1, 0.15) is 0 Å². The molecule has 2 aromatic carbocycles. The van der Waals surface area contributed by atoms with Crippen molar-refractivity contribution in [2.75, 3.05) is 0 Å². The van der Waals surface area contributed by atoms with Gasteiger partial charge in [-0.05, 0) is 17.2 Å². The van der Waals surface area contributed by atoms with Crippen LogP contribution in [-0.4, -0.2) is 0 Å². The van der Waals surface area contributed by atoms with E-state index in [1.165, 1.54) is 0 Å². The molecule has 0 atom stereocenters. The second-order valence-electron chi connectivity index (χ2n) is 3.54. The maximum atomic E-state index is 10.4. The number of nitroso groups, excluding NO2 is 1. The molecule has 0 fully saturated rings. The average Bonchev–Trinajstić information content (AvgIpc) is 2.40. The first-order valence-corrected chi connectivity index (χ1v) is 5.30. The van der Waals surface area contributed by atoms with Gasteiger partial charge in [-0.1, -0.05) is 60.7 Å². The van der Waals surface area contributed by atoms with Crippen LogP contribution in [0.5, 0.6) is 0 Å². The van der Waals surface area contributed by atoms with Gasteiger partial charge in [0.05, 0.1) is 11.0 Å². The normalized spacial score (nSPS) is 10.9. The van der Waals surface area contributed by atoms with E-state index < -0.39 is 0 Å². The molecule has 3 heteroatoms. The van der Waals surface area contributed by atoms with Crippen LogP contribution in [0.2, 0.25) is 0 Å².